The van der Waals surface area contributed by atoms with Crippen LogP contribution in [0.1, 0.15) is 54.4 Å². The lowest BCUT2D eigenvalue weighted by Crippen LogP contribution is -2.68. The molecule has 0 saturated heterocycles. The highest BCUT2D eigenvalue weighted by atomic mass is 19.1. The molecule has 0 aromatic carbocycles. The predicted octanol–water partition coefficient (Wildman–Crippen LogP) is -4.42. The zero-order valence-corrected chi connectivity index (χ0v) is 20.5. The Kier molecular flexibility index (Phi) is 8.63. The van der Waals surface area contributed by atoms with Crippen molar-refractivity contribution in [2.45, 2.75) is 62.8 Å². The number of pyridine rings is 1. The van der Waals surface area contributed by atoms with Gasteiger partial charge in [0.2, 0.25) is 0 Å². The number of carboxylic acid groups (broad SMARTS) is 3. The Hall–Kier alpha value is -4.11. The van der Waals surface area contributed by atoms with Gasteiger partial charge in [0.05, 0.1) is 29.5 Å². The van der Waals surface area contributed by atoms with Gasteiger partial charge in [-0.1, -0.05) is 6.42 Å². The highest BCUT2D eigenvalue weighted by molar-refractivity contribution is 6.04. The minimum Gasteiger partial charge on any atom is -0.550 e. The van der Waals surface area contributed by atoms with Crippen LogP contribution in [-0.4, -0.2) is 61.4 Å². The van der Waals surface area contributed by atoms with E-state index in [0.29, 0.717) is 22.4 Å². The number of quaternary nitrogens is 1. The van der Waals surface area contributed by atoms with Crippen LogP contribution in [0, 0.1) is 5.82 Å². The molecule has 0 bridgehead atoms. The molecule has 206 valence electrons. The molecule has 38 heavy (non-hydrogen) atoms. The van der Waals surface area contributed by atoms with Gasteiger partial charge in [0.15, 0.2) is 11.6 Å². The number of rotatable bonds is 8. The van der Waals surface area contributed by atoms with Crippen molar-refractivity contribution in [1.29, 1.82) is 0 Å². The summed E-state index contributed by atoms with van der Waals surface area (Å²) < 4.78 is 16.6. The number of carboxylic acids is 3. The largest absolute Gasteiger partial charge is 0.550 e. The fourth-order valence-electron chi connectivity index (χ4n) is 4.39. The number of halogens is 1. The highest BCUT2D eigenvalue weighted by Crippen LogP contribution is 2.33. The Morgan fingerprint density at radius 3 is 2.39 bits per heavy atom. The van der Waals surface area contributed by atoms with Crippen LogP contribution in [0.25, 0.3) is 11.3 Å². The van der Waals surface area contributed by atoms with E-state index in [1.54, 1.807) is 24.1 Å². The van der Waals surface area contributed by atoms with Gasteiger partial charge in [-0.25, -0.2) is 9.37 Å². The van der Waals surface area contributed by atoms with Gasteiger partial charge in [0.1, 0.15) is 11.6 Å². The molecule has 15 heteroatoms. The molecular weight excluding hydrogens is 507 g/mol. The number of nitrogens with zero attached hydrogens (tertiary/aromatic N) is 3. The van der Waals surface area contributed by atoms with Crippen molar-refractivity contribution in [3.63, 3.8) is 0 Å². The van der Waals surface area contributed by atoms with E-state index < -0.39 is 42.2 Å². The third-order valence-electron chi connectivity index (χ3n) is 6.35. The summed E-state index contributed by atoms with van der Waals surface area (Å²) in [4.78, 5) is 46.7. The summed E-state index contributed by atoms with van der Waals surface area (Å²) in [5.41, 5.74) is 3.06. The first-order valence-corrected chi connectivity index (χ1v) is 11.7. The zero-order chi connectivity index (χ0) is 28.2. The molecule has 0 spiro atoms. The summed E-state index contributed by atoms with van der Waals surface area (Å²) in [6, 6.07) is 0.324. The van der Waals surface area contributed by atoms with Crippen molar-refractivity contribution in [3.8, 4) is 11.3 Å². The molecule has 2 aromatic heterocycles. The van der Waals surface area contributed by atoms with Gasteiger partial charge in [-0.15, -0.1) is 0 Å². The maximum absolute atomic E-state index is 15.0. The maximum Gasteiger partial charge on any atom is 0.254 e. The number of hydrogen-bond donors (Lipinski definition) is 4. The average molecular weight is 535 g/mol. The van der Waals surface area contributed by atoms with Gasteiger partial charge >= 0.3 is 0 Å². The van der Waals surface area contributed by atoms with Crippen LogP contribution in [0.3, 0.4) is 0 Å². The minimum atomic E-state index is -2.97. The third-order valence-corrected chi connectivity index (χ3v) is 6.35. The molecule has 2 atom stereocenters. The number of aliphatic hydroxyl groups is 1. The first kappa shape index (κ1) is 28.5. The lowest BCUT2D eigenvalue weighted by atomic mass is 9.91. The number of hydrogen-bond acceptors (Lipinski definition) is 11. The molecule has 0 unspecified atom stereocenters. The van der Waals surface area contributed by atoms with Gasteiger partial charge in [-0.05, 0) is 12.8 Å². The van der Waals surface area contributed by atoms with Gasteiger partial charge in [-0.3, -0.25) is 9.48 Å². The van der Waals surface area contributed by atoms with E-state index in [1.807, 2.05) is 0 Å². The minimum absolute atomic E-state index is 0.0978. The Balaban J connectivity index is 0.000000263. The van der Waals surface area contributed by atoms with Crippen molar-refractivity contribution >= 4 is 29.6 Å². The molecule has 1 amide bonds. The summed E-state index contributed by atoms with van der Waals surface area (Å²) in [5.74, 6) is -6.52. The fourth-order valence-corrected chi connectivity index (χ4v) is 4.39. The standard InChI is InChI=1S/C17H21FN6O.C6H8O7/c1-24-8-9(6-21-24)15-13-10(7-20-17(13)25)14(18)16(23-15)22-12-5-3-2-4-11(12)19;7-3(8)1-6(13,5(11)12)2-4(9)10/h6,8,11-12H,2-5,7,19H2,1H3,(H,20,25)(H,22,23);13H,1-2H2,(H,7,8)(H,9,10)(H,11,12)/p-2/t11-,12+;/m0./s1. The van der Waals surface area contributed by atoms with Crippen LogP contribution in [-0.2, 0) is 28.0 Å². The van der Waals surface area contributed by atoms with E-state index in [2.05, 4.69) is 26.4 Å². The van der Waals surface area contributed by atoms with Crippen molar-refractivity contribution in [2.75, 3.05) is 5.32 Å². The molecule has 6 N–H and O–H groups in total. The predicted molar refractivity (Wildman–Crippen MR) is 119 cm³/mol. The average Bonchev–Trinajstić information content (AvgIpc) is 3.42. The number of fused-ring (bicyclic) bond motifs is 1. The second-order valence-corrected chi connectivity index (χ2v) is 9.27. The van der Waals surface area contributed by atoms with E-state index in [-0.39, 0.29) is 30.4 Å². The Bertz CT molecular complexity index is 1230. The smallest absolute Gasteiger partial charge is 0.254 e. The fraction of sp³-hybridized carbons (Fsp3) is 0.478. The molecular formula is C23H27FN6O8-2. The van der Waals surface area contributed by atoms with Gasteiger partial charge in [-0.2, -0.15) is 5.10 Å². The molecule has 14 nitrogen and oxygen atoms in total. The van der Waals surface area contributed by atoms with Gasteiger partial charge in [0.25, 0.3) is 5.91 Å². The van der Waals surface area contributed by atoms with Crippen LogP contribution < -0.4 is 31.7 Å². The second kappa shape index (κ2) is 11.5. The Labute approximate surface area is 215 Å². The Morgan fingerprint density at radius 1 is 1.24 bits per heavy atom. The summed E-state index contributed by atoms with van der Waals surface area (Å²) in [5, 5.41) is 49.0. The number of carbonyl (C=O) groups is 4. The lowest BCUT2D eigenvalue weighted by Gasteiger charge is -2.29. The van der Waals surface area contributed by atoms with E-state index in [9.17, 15) is 38.9 Å². The molecule has 4 rings (SSSR count). The summed E-state index contributed by atoms with van der Waals surface area (Å²) >= 11 is 0. The molecule has 2 aliphatic rings. The molecule has 2 aromatic rings. The van der Waals surface area contributed by atoms with Crippen molar-refractivity contribution < 1.29 is 49.7 Å². The van der Waals surface area contributed by atoms with Crippen molar-refractivity contribution in [1.82, 2.24) is 20.1 Å². The quantitative estimate of drug-likeness (QED) is 0.252. The van der Waals surface area contributed by atoms with E-state index in [1.165, 1.54) is 0 Å². The maximum atomic E-state index is 15.0. The SMILES string of the molecule is Cn1cc(-c2nc(N[C@@H]3CCCC[C@@H]3[NH3+])c(F)c3c2C(=O)NC3)cn1.O=C([O-])CC(O)(CC(=O)[O-])C(=O)[O-]. The third kappa shape index (κ3) is 6.41. The molecule has 0 radical (unpaired) electrons. The number of aliphatic carboxylic acids is 3. The first-order valence-electron chi connectivity index (χ1n) is 11.7. The summed E-state index contributed by atoms with van der Waals surface area (Å²) in [7, 11) is 1.79. The van der Waals surface area contributed by atoms with E-state index in [0.717, 1.165) is 25.7 Å². The zero-order valence-electron chi connectivity index (χ0n) is 20.5. The molecule has 1 fully saturated rings. The lowest BCUT2D eigenvalue weighted by molar-refractivity contribution is -0.427. The van der Waals surface area contributed by atoms with Crippen molar-refractivity contribution in [3.05, 3.63) is 29.3 Å². The second-order valence-electron chi connectivity index (χ2n) is 9.27. The van der Waals surface area contributed by atoms with E-state index >= 15 is 0 Å². The number of aromatic nitrogens is 3. The molecule has 1 saturated carbocycles. The Morgan fingerprint density at radius 2 is 1.87 bits per heavy atom. The summed E-state index contributed by atoms with van der Waals surface area (Å²) in [6.45, 7) is 0.183. The number of aryl methyl sites for hydroxylation is 1. The molecule has 1 aliphatic carbocycles. The molecule has 3 heterocycles. The number of nitrogens with one attached hydrogen (secondary N) is 2. The topological polar surface area (TPSA) is 240 Å². The van der Waals surface area contributed by atoms with Crippen LogP contribution in [0.4, 0.5) is 10.2 Å². The number of anilines is 1. The molecule has 1 aliphatic heterocycles. The van der Waals surface area contributed by atoms with Crippen LogP contribution in [0.15, 0.2) is 12.4 Å². The van der Waals surface area contributed by atoms with Crippen molar-refractivity contribution in [2.24, 2.45) is 7.05 Å². The monoisotopic (exact) mass is 534 g/mol. The van der Waals surface area contributed by atoms with Gasteiger partial charge in [0, 0.05) is 62.1 Å². The van der Waals surface area contributed by atoms with Gasteiger partial charge < -0.3 is 51.2 Å². The van der Waals surface area contributed by atoms with E-state index in [4.69, 9.17) is 5.11 Å². The number of amides is 1. The van der Waals surface area contributed by atoms with Crippen LogP contribution in [0.5, 0.6) is 0 Å². The summed E-state index contributed by atoms with van der Waals surface area (Å²) in [6.07, 6.45) is 4.94. The normalized spacial score (nSPS) is 18.6. The first-order chi connectivity index (χ1) is 17.8. The van der Waals surface area contributed by atoms with Crippen LogP contribution >= 0.6 is 0 Å². The number of carbonyl (C=O) groups excluding carboxylic acids is 4. The highest BCUT2D eigenvalue weighted by Gasteiger charge is 2.33. The van der Waals surface area contributed by atoms with Crippen LogP contribution in [0.2, 0.25) is 0 Å².